The molecule has 0 saturated carbocycles. The largest absolute Gasteiger partial charge is 0.418 e. The lowest BCUT2D eigenvalue weighted by atomic mass is 9.91. The number of para-hydroxylation sites is 1. The van der Waals surface area contributed by atoms with Crippen LogP contribution >= 0.6 is 0 Å². The quantitative estimate of drug-likeness (QED) is 0.769. The van der Waals surface area contributed by atoms with E-state index in [9.17, 15) is 13.2 Å². The molecule has 0 spiro atoms. The second-order valence-corrected chi connectivity index (χ2v) is 8.27. The van der Waals surface area contributed by atoms with Crippen LogP contribution in [0.1, 0.15) is 24.0 Å². The van der Waals surface area contributed by atoms with E-state index < -0.39 is 11.7 Å². The molecule has 2 aromatic rings. The van der Waals surface area contributed by atoms with Crippen molar-refractivity contribution < 1.29 is 13.2 Å². The molecule has 0 N–H and O–H groups in total. The van der Waals surface area contributed by atoms with Crippen LogP contribution in [0.2, 0.25) is 0 Å². The van der Waals surface area contributed by atoms with Crippen molar-refractivity contribution in [2.24, 2.45) is 5.92 Å². The van der Waals surface area contributed by atoms with Gasteiger partial charge < -0.3 is 14.7 Å². The van der Waals surface area contributed by atoms with E-state index >= 15 is 0 Å². The highest BCUT2D eigenvalue weighted by molar-refractivity contribution is 5.57. The molecular weight excluding hydrogens is 377 g/mol. The Balaban J connectivity index is 1.55. The summed E-state index contributed by atoms with van der Waals surface area (Å²) in [5.74, 6) is 0.414. The molecule has 156 valence electrons. The number of alkyl halides is 3. The molecule has 4 nitrogen and oxygen atoms in total. The first-order valence-electron chi connectivity index (χ1n) is 10.1. The maximum atomic E-state index is 13.5. The summed E-state index contributed by atoms with van der Waals surface area (Å²) < 4.78 is 40.4. The molecule has 0 aliphatic carbocycles. The van der Waals surface area contributed by atoms with Crippen LogP contribution in [0.3, 0.4) is 0 Å². The average molecular weight is 404 g/mol. The molecule has 2 aliphatic heterocycles. The van der Waals surface area contributed by atoms with Crippen LogP contribution in [0.4, 0.5) is 24.5 Å². The Labute approximate surface area is 169 Å². The molecule has 2 fully saturated rings. The van der Waals surface area contributed by atoms with E-state index in [1.807, 2.05) is 17.3 Å². The topological polar surface area (TPSA) is 22.6 Å². The van der Waals surface area contributed by atoms with Gasteiger partial charge in [0.1, 0.15) is 0 Å². The van der Waals surface area contributed by atoms with Gasteiger partial charge in [0, 0.05) is 57.1 Å². The predicted molar refractivity (Wildman–Crippen MR) is 110 cm³/mol. The van der Waals surface area contributed by atoms with E-state index in [0.29, 0.717) is 13.1 Å². The van der Waals surface area contributed by atoms with Crippen molar-refractivity contribution in [3.8, 4) is 0 Å². The molecule has 7 heteroatoms. The summed E-state index contributed by atoms with van der Waals surface area (Å²) in [6.07, 6.45) is -0.578. The van der Waals surface area contributed by atoms with Crippen molar-refractivity contribution in [1.29, 1.82) is 0 Å². The first-order valence-corrected chi connectivity index (χ1v) is 10.1. The minimum atomic E-state index is -4.35. The summed E-state index contributed by atoms with van der Waals surface area (Å²) in [7, 11) is 2.12. The number of rotatable bonds is 3. The Kier molecular flexibility index (Phi) is 5.42. The van der Waals surface area contributed by atoms with Crippen LogP contribution in [0.15, 0.2) is 42.7 Å². The Bertz CT molecular complexity index is 846. The van der Waals surface area contributed by atoms with Crippen LogP contribution in [0, 0.1) is 5.92 Å². The first-order chi connectivity index (χ1) is 13.8. The van der Waals surface area contributed by atoms with Gasteiger partial charge in [-0.25, -0.2) is 0 Å². The molecule has 29 heavy (non-hydrogen) atoms. The smallest absolute Gasteiger partial charge is 0.370 e. The SMILES string of the molecule is CC1CN(c2ccccc2C(F)(F)F)CC1c1cncc(N2CCN(C)CC2)c1. The van der Waals surface area contributed by atoms with Crippen molar-refractivity contribution in [2.75, 3.05) is 56.1 Å². The third-order valence-electron chi connectivity index (χ3n) is 6.20. The van der Waals surface area contributed by atoms with Gasteiger partial charge in [-0.2, -0.15) is 13.2 Å². The lowest BCUT2D eigenvalue weighted by Crippen LogP contribution is -2.44. The van der Waals surface area contributed by atoms with Gasteiger partial charge in [-0.05, 0) is 36.7 Å². The number of nitrogens with zero attached hydrogens (tertiary/aromatic N) is 4. The van der Waals surface area contributed by atoms with Crippen LogP contribution in [0.25, 0.3) is 0 Å². The van der Waals surface area contributed by atoms with Crippen LogP contribution in [0.5, 0.6) is 0 Å². The van der Waals surface area contributed by atoms with E-state index in [1.54, 1.807) is 12.1 Å². The summed E-state index contributed by atoms with van der Waals surface area (Å²) in [5.41, 5.74) is 1.94. The van der Waals surface area contributed by atoms with Gasteiger partial charge in [-0.15, -0.1) is 0 Å². The van der Waals surface area contributed by atoms with Gasteiger partial charge in [0.15, 0.2) is 0 Å². The number of likely N-dealkylation sites (N-methyl/N-ethyl adjacent to an activating group) is 1. The number of halogens is 3. The molecule has 2 aliphatic rings. The van der Waals surface area contributed by atoms with E-state index in [-0.39, 0.29) is 17.5 Å². The Morgan fingerprint density at radius 3 is 2.41 bits per heavy atom. The zero-order valence-electron chi connectivity index (χ0n) is 16.9. The summed E-state index contributed by atoms with van der Waals surface area (Å²) in [6.45, 7) is 7.26. The molecule has 2 unspecified atom stereocenters. The molecule has 0 bridgehead atoms. The standard InChI is InChI=1S/C22H27F3N4/c1-16-14-29(21-6-4-3-5-20(21)22(23,24)25)15-19(16)17-11-18(13-26-12-17)28-9-7-27(2)8-10-28/h3-6,11-13,16,19H,7-10,14-15H2,1-2H3. The Morgan fingerprint density at radius 1 is 0.966 bits per heavy atom. The summed E-state index contributed by atoms with van der Waals surface area (Å²) in [5, 5.41) is 0. The summed E-state index contributed by atoms with van der Waals surface area (Å²) >= 11 is 0. The van der Waals surface area contributed by atoms with Gasteiger partial charge >= 0.3 is 6.18 Å². The second kappa shape index (κ2) is 7.86. The number of hydrogen-bond acceptors (Lipinski definition) is 4. The molecule has 0 radical (unpaired) electrons. The van der Waals surface area contributed by atoms with Crippen molar-refractivity contribution in [3.63, 3.8) is 0 Å². The zero-order valence-corrected chi connectivity index (χ0v) is 16.9. The minimum Gasteiger partial charge on any atom is -0.370 e. The number of aromatic nitrogens is 1. The predicted octanol–water partition coefficient (Wildman–Crippen LogP) is 4.09. The van der Waals surface area contributed by atoms with Crippen LogP contribution < -0.4 is 9.80 Å². The average Bonchev–Trinajstić information content (AvgIpc) is 3.10. The van der Waals surface area contributed by atoms with Crippen molar-refractivity contribution in [3.05, 3.63) is 53.9 Å². The molecule has 1 aromatic heterocycles. The van der Waals surface area contributed by atoms with E-state index in [2.05, 4.69) is 34.8 Å². The van der Waals surface area contributed by atoms with E-state index in [4.69, 9.17) is 0 Å². The molecule has 3 heterocycles. The van der Waals surface area contributed by atoms with Gasteiger partial charge in [0.2, 0.25) is 0 Å². The maximum Gasteiger partial charge on any atom is 0.418 e. The maximum absolute atomic E-state index is 13.5. The Morgan fingerprint density at radius 2 is 1.69 bits per heavy atom. The lowest BCUT2D eigenvalue weighted by Gasteiger charge is -2.34. The van der Waals surface area contributed by atoms with Crippen LogP contribution in [-0.4, -0.2) is 56.2 Å². The van der Waals surface area contributed by atoms with Crippen LogP contribution in [-0.2, 0) is 6.18 Å². The highest BCUT2D eigenvalue weighted by Gasteiger charge is 2.38. The Hall–Kier alpha value is -2.28. The number of hydrogen-bond donors (Lipinski definition) is 0. The second-order valence-electron chi connectivity index (χ2n) is 8.27. The van der Waals surface area contributed by atoms with Gasteiger partial charge in [0.05, 0.1) is 17.4 Å². The van der Waals surface area contributed by atoms with Crippen molar-refractivity contribution in [2.45, 2.75) is 19.0 Å². The van der Waals surface area contributed by atoms with E-state index in [0.717, 1.165) is 37.4 Å². The number of pyridine rings is 1. The first kappa shape index (κ1) is 20.0. The fraction of sp³-hybridized carbons (Fsp3) is 0.500. The van der Waals surface area contributed by atoms with Crippen molar-refractivity contribution in [1.82, 2.24) is 9.88 Å². The van der Waals surface area contributed by atoms with Crippen molar-refractivity contribution >= 4 is 11.4 Å². The molecule has 1 aromatic carbocycles. The molecule has 0 amide bonds. The lowest BCUT2D eigenvalue weighted by molar-refractivity contribution is -0.137. The molecule has 2 saturated heterocycles. The number of piperazine rings is 1. The fourth-order valence-corrected chi connectivity index (χ4v) is 4.47. The van der Waals surface area contributed by atoms with Gasteiger partial charge in [-0.1, -0.05) is 19.1 Å². The normalized spacial score (nSPS) is 23.6. The van der Waals surface area contributed by atoms with Gasteiger partial charge in [-0.3, -0.25) is 4.98 Å². The summed E-state index contributed by atoms with van der Waals surface area (Å²) in [6, 6.07) is 8.06. The highest BCUT2D eigenvalue weighted by atomic mass is 19.4. The molecular formula is C22H27F3N4. The number of benzene rings is 1. The monoisotopic (exact) mass is 404 g/mol. The third-order valence-corrected chi connectivity index (χ3v) is 6.20. The fourth-order valence-electron chi connectivity index (χ4n) is 4.47. The van der Waals surface area contributed by atoms with E-state index in [1.165, 1.54) is 12.1 Å². The number of anilines is 2. The minimum absolute atomic E-state index is 0.163. The highest BCUT2D eigenvalue weighted by Crippen LogP contribution is 2.41. The molecule has 2 atom stereocenters. The van der Waals surface area contributed by atoms with Gasteiger partial charge in [0.25, 0.3) is 0 Å². The zero-order chi connectivity index (χ0) is 20.6. The summed E-state index contributed by atoms with van der Waals surface area (Å²) in [4.78, 5) is 11.0. The molecule has 4 rings (SSSR count). The third kappa shape index (κ3) is 4.20.